The highest BCUT2D eigenvalue weighted by Crippen LogP contribution is 2.18. The highest BCUT2D eigenvalue weighted by atomic mass is 32.2. The fourth-order valence-electron chi connectivity index (χ4n) is 2.09. The van der Waals surface area contributed by atoms with Gasteiger partial charge in [0.1, 0.15) is 6.61 Å². The summed E-state index contributed by atoms with van der Waals surface area (Å²) in [5, 5.41) is 0.0435. The maximum absolute atomic E-state index is 11.7. The smallest absolute Gasteiger partial charge is 0.216 e. The van der Waals surface area contributed by atoms with Crippen LogP contribution in [0, 0.1) is 11.8 Å². The zero-order valence-electron chi connectivity index (χ0n) is 13.2. The Morgan fingerprint density at radius 2 is 2.17 bits per heavy atom. The fraction of sp³-hybridized carbons (Fsp3) is 0.421. The van der Waals surface area contributed by atoms with E-state index in [0.29, 0.717) is 6.61 Å². The minimum atomic E-state index is -0.0782. The van der Waals surface area contributed by atoms with E-state index in [4.69, 9.17) is 9.47 Å². The number of hydrogen-bond acceptors (Lipinski definition) is 4. The molecule has 0 N–H and O–H groups in total. The molecule has 122 valence electrons. The Morgan fingerprint density at radius 3 is 2.96 bits per heavy atom. The number of carbonyl (C=O) groups is 1. The number of carbonyl (C=O) groups excluding carboxylic acids is 1. The number of unbranched alkanes of at least 4 members (excludes halogenated alkanes) is 1. The van der Waals surface area contributed by atoms with Gasteiger partial charge in [-0.2, -0.15) is 0 Å². The maximum atomic E-state index is 11.7. The summed E-state index contributed by atoms with van der Waals surface area (Å²) in [6.07, 6.45) is 8.17. The summed E-state index contributed by atoms with van der Waals surface area (Å²) < 4.78 is 11.0. The molecular weight excluding hydrogens is 308 g/mol. The van der Waals surface area contributed by atoms with E-state index in [0.717, 1.165) is 43.6 Å². The number of rotatable bonds is 6. The van der Waals surface area contributed by atoms with E-state index in [9.17, 15) is 4.79 Å². The Hall–Kier alpha value is -1.54. The van der Waals surface area contributed by atoms with E-state index in [-0.39, 0.29) is 11.4 Å². The number of benzene rings is 1. The number of hydrogen-bond donors (Lipinski definition) is 0. The van der Waals surface area contributed by atoms with Crippen LogP contribution in [0.4, 0.5) is 0 Å². The van der Waals surface area contributed by atoms with Crippen molar-refractivity contribution in [3.05, 3.63) is 42.5 Å². The standard InChI is InChI=1S/C19H22O3S/c20-18(23-17-11-5-4-6-12-17)13-7-2-1-3-9-15-21-19-14-8-10-16-22-19/h4-7,11-13,19H,1-2,8,10,14-16H2/b13-7+. The molecule has 1 aromatic rings. The normalized spacial score (nSPS) is 17.7. The van der Waals surface area contributed by atoms with Crippen molar-refractivity contribution in [3.63, 3.8) is 0 Å². The van der Waals surface area contributed by atoms with Gasteiger partial charge in [0.2, 0.25) is 5.12 Å². The largest absolute Gasteiger partial charge is 0.353 e. The van der Waals surface area contributed by atoms with Crippen molar-refractivity contribution in [2.24, 2.45) is 0 Å². The lowest BCUT2D eigenvalue weighted by molar-refractivity contribution is -0.154. The van der Waals surface area contributed by atoms with E-state index < -0.39 is 0 Å². The van der Waals surface area contributed by atoms with Crippen LogP contribution in [0.5, 0.6) is 0 Å². The van der Waals surface area contributed by atoms with Crippen molar-refractivity contribution < 1.29 is 14.3 Å². The SMILES string of the molecule is O=C(/C=C/CCC#CCOC1CCCCO1)Sc1ccccc1. The molecule has 1 atom stereocenters. The third-order valence-electron chi connectivity index (χ3n) is 3.26. The first-order chi connectivity index (χ1) is 11.3. The molecule has 1 aliphatic rings. The highest BCUT2D eigenvalue weighted by molar-refractivity contribution is 8.14. The molecule has 1 saturated heterocycles. The molecular formula is C19H22O3S. The van der Waals surface area contributed by atoms with Crippen molar-refractivity contribution in [2.45, 2.75) is 43.3 Å². The summed E-state index contributed by atoms with van der Waals surface area (Å²) in [7, 11) is 0. The molecule has 0 aliphatic carbocycles. The lowest BCUT2D eigenvalue weighted by Gasteiger charge is -2.21. The minimum absolute atomic E-state index is 0.0435. The van der Waals surface area contributed by atoms with Gasteiger partial charge in [-0.3, -0.25) is 4.79 Å². The average Bonchev–Trinajstić information content (AvgIpc) is 2.59. The van der Waals surface area contributed by atoms with Gasteiger partial charge in [0.05, 0.1) is 0 Å². The Bertz CT molecular complexity index is 551. The van der Waals surface area contributed by atoms with Crippen LogP contribution in [-0.4, -0.2) is 24.6 Å². The average molecular weight is 330 g/mol. The molecule has 23 heavy (non-hydrogen) atoms. The third-order valence-corrected chi connectivity index (χ3v) is 4.10. The van der Waals surface area contributed by atoms with Crippen LogP contribution >= 0.6 is 11.8 Å². The molecule has 0 bridgehead atoms. The van der Waals surface area contributed by atoms with Crippen molar-refractivity contribution >= 4 is 16.9 Å². The van der Waals surface area contributed by atoms with Crippen LogP contribution < -0.4 is 0 Å². The first-order valence-electron chi connectivity index (χ1n) is 7.97. The molecule has 0 spiro atoms. The lowest BCUT2D eigenvalue weighted by Crippen LogP contribution is -2.22. The van der Waals surface area contributed by atoms with Crippen molar-refractivity contribution in [2.75, 3.05) is 13.2 Å². The minimum Gasteiger partial charge on any atom is -0.353 e. The van der Waals surface area contributed by atoms with Gasteiger partial charge in [0.15, 0.2) is 6.29 Å². The molecule has 1 aliphatic heterocycles. The van der Waals surface area contributed by atoms with E-state index in [1.807, 2.05) is 36.4 Å². The summed E-state index contributed by atoms with van der Waals surface area (Å²) >= 11 is 1.24. The van der Waals surface area contributed by atoms with E-state index >= 15 is 0 Å². The molecule has 4 heteroatoms. The number of thioether (sulfide) groups is 1. The molecule has 0 radical (unpaired) electrons. The van der Waals surface area contributed by atoms with Gasteiger partial charge in [0, 0.05) is 17.9 Å². The van der Waals surface area contributed by atoms with Gasteiger partial charge >= 0.3 is 0 Å². The zero-order valence-corrected chi connectivity index (χ0v) is 14.0. The van der Waals surface area contributed by atoms with Gasteiger partial charge < -0.3 is 9.47 Å². The summed E-state index contributed by atoms with van der Waals surface area (Å²) in [6, 6.07) is 9.65. The van der Waals surface area contributed by atoms with Crippen LogP contribution in [-0.2, 0) is 14.3 Å². The van der Waals surface area contributed by atoms with Crippen LogP contribution in [0.2, 0.25) is 0 Å². The number of ether oxygens (including phenoxy) is 2. The first-order valence-corrected chi connectivity index (χ1v) is 8.78. The van der Waals surface area contributed by atoms with Crippen molar-refractivity contribution in [3.8, 4) is 11.8 Å². The first kappa shape index (κ1) is 17.8. The zero-order chi connectivity index (χ0) is 16.2. The summed E-state index contributed by atoms with van der Waals surface area (Å²) in [5.41, 5.74) is 0. The lowest BCUT2D eigenvalue weighted by atomic mass is 10.2. The second-order valence-corrected chi connectivity index (χ2v) is 6.21. The highest BCUT2D eigenvalue weighted by Gasteiger charge is 2.12. The molecule has 1 unspecified atom stereocenters. The van der Waals surface area contributed by atoms with E-state index in [2.05, 4.69) is 11.8 Å². The molecule has 1 fully saturated rings. The molecule has 1 aromatic carbocycles. The second kappa shape index (κ2) is 11.1. The van der Waals surface area contributed by atoms with Gasteiger partial charge in [0.25, 0.3) is 0 Å². The third kappa shape index (κ3) is 8.03. The monoisotopic (exact) mass is 330 g/mol. The van der Waals surface area contributed by atoms with Crippen LogP contribution in [0.3, 0.4) is 0 Å². The molecule has 3 nitrogen and oxygen atoms in total. The maximum Gasteiger partial charge on any atom is 0.216 e. The molecule has 0 aromatic heterocycles. The van der Waals surface area contributed by atoms with Crippen LogP contribution in [0.15, 0.2) is 47.4 Å². The molecule has 1 heterocycles. The molecule has 0 saturated carbocycles. The Balaban J connectivity index is 1.54. The quantitative estimate of drug-likeness (QED) is 0.339. The van der Waals surface area contributed by atoms with Crippen LogP contribution in [0.1, 0.15) is 32.1 Å². The molecule has 0 amide bonds. The van der Waals surface area contributed by atoms with E-state index in [1.54, 1.807) is 6.08 Å². The second-order valence-electron chi connectivity index (χ2n) is 5.14. The Labute approximate surface area is 142 Å². The van der Waals surface area contributed by atoms with Crippen LogP contribution in [0.25, 0.3) is 0 Å². The Kier molecular flexibility index (Phi) is 8.57. The summed E-state index contributed by atoms with van der Waals surface area (Å²) in [4.78, 5) is 12.7. The van der Waals surface area contributed by atoms with Gasteiger partial charge in [-0.05, 0) is 55.7 Å². The van der Waals surface area contributed by atoms with Crippen molar-refractivity contribution in [1.29, 1.82) is 0 Å². The predicted molar refractivity (Wildman–Crippen MR) is 93.0 cm³/mol. The number of allylic oxidation sites excluding steroid dienone is 1. The topological polar surface area (TPSA) is 35.5 Å². The fourth-order valence-corrected chi connectivity index (χ4v) is 2.78. The van der Waals surface area contributed by atoms with Gasteiger partial charge in [-0.15, -0.1) is 5.92 Å². The summed E-state index contributed by atoms with van der Waals surface area (Å²) in [5.74, 6) is 6.03. The molecule has 2 rings (SSSR count). The summed E-state index contributed by atoms with van der Waals surface area (Å²) in [6.45, 7) is 1.20. The Morgan fingerprint density at radius 1 is 1.30 bits per heavy atom. The predicted octanol–water partition coefficient (Wildman–Crippen LogP) is 4.19. The van der Waals surface area contributed by atoms with E-state index in [1.165, 1.54) is 11.8 Å². The van der Waals surface area contributed by atoms with Gasteiger partial charge in [-0.25, -0.2) is 0 Å². The van der Waals surface area contributed by atoms with Gasteiger partial charge in [-0.1, -0.05) is 30.2 Å². The van der Waals surface area contributed by atoms with Crippen molar-refractivity contribution in [1.82, 2.24) is 0 Å².